The van der Waals surface area contributed by atoms with E-state index < -0.39 is 0 Å². The molecular weight excluding hydrogens is 290 g/mol. The molecule has 0 fully saturated rings. The van der Waals surface area contributed by atoms with Crippen LogP contribution in [0.25, 0.3) is 22.9 Å². The molecule has 0 saturated heterocycles. The summed E-state index contributed by atoms with van der Waals surface area (Å²) < 4.78 is 9.88. The van der Waals surface area contributed by atoms with Crippen molar-refractivity contribution in [2.75, 3.05) is 6.61 Å². The van der Waals surface area contributed by atoms with Gasteiger partial charge in [-0.15, -0.1) is 0 Å². The molecule has 118 valence electrons. The van der Waals surface area contributed by atoms with E-state index in [2.05, 4.69) is 47.6 Å². The zero-order chi connectivity index (χ0) is 16.0. The van der Waals surface area contributed by atoms with E-state index in [1.807, 2.05) is 16.9 Å². The SMILES string of the molecule is Cc1ccc2c(c1)-c1nc(-c3ncnn3C(C)C)cn1CCO2. The summed E-state index contributed by atoms with van der Waals surface area (Å²) in [4.78, 5) is 9.23. The van der Waals surface area contributed by atoms with Crippen molar-refractivity contribution in [2.24, 2.45) is 0 Å². The zero-order valence-corrected chi connectivity index (χ0v) is 13.5. The first-order valence-corrected chi connectivity index (χ1v) is 7.84. The summed E-state index contributed by atoms with van der Waals surface area (Å²) in [6, 6.07) is 6.45. The predicted molar refractivity (Wildman–Crippen MR) is 87.3 cm³/mol. The Kier molecular flexibility index (Phi) is 3.18. The van der Waals surface area contributed by atoms with Crippen LogP contribution in [0.2, 0.25) is 0 Å². The summed E-state index contributed by atoms with van der Waals surface area (Å²) >= 11 is 0. The quantitative estimate of drug-likeness (QED) is 0.730. The fraction of sp³-hybridized carbons (Fsp3) is 0.353. The van der Waals surface area contributed by atoms with Crippen molar-refractivity contribution in [1.82, 2.24) is 24.3 Å². The number of aryl methyl sites for hydroxylation is 1. The Balaban J connectivity index is 1.87. The van der Waals surface area contributed by atoms with Gasteiger partial charge in [0.25, 0.3) is 0 Å². The Labute approximate surface area is 134 Å². The van der Waals surface area contributed by atoms with E-state index in [0.29, 0.717) is 6.61 Å². The Bertz CT molecular complexity index is 862. The molecule has 2 aromatic heterocycles. The van der Waals surface area contributed by atoms with Gasteiger partial charge in [-0.05, 0) is 32.9 Å². The molecule has 1 aliphatic heterocycles. The number of nitrogens with zero attached hydrogens (tertiary/aromatic N) is 5. The van der Waals surface area contributed by atoms with E-state index in [-0.39, 0.29) is 6.04 Å². The molecule has 6 nitrogen and oxygen atoms in total. The topological polar surface area (TPSA) is 57.8 Å². The zero-order valence-electron chi connectivity index (χ0n) is 13.5. The van der Waals surface area contributed by atoms with Crippen LogP contribution in [0, 0.1) is 6.92 Å². The molecule has 0 amide bonds. The van der Waals surface area contributed by atoms with Crippen molar-refractivity contribution < 1.29 is 4.74 Å². The lowest BCUT2D eigenvalue weighted by atomic mass is 10.1. The first-order valence-electron chi connectivity index (χ1n) is 7.84. The molecule has 0 aliphatic carbocycles. The maximum absolute atomic E-state index is 5.84. The molecule has 3 aromatic rings. The molecule has 0 atom stereocenters. The minimum Gasteiger partial charge on any atom is -0.491 e. The number of imidazole rings is 1. The van der Waals surface area contributed by atoms with Gasteiger partial charge in [0.05, 0.1) is 12.1 Å². The van der Waals surface area contributed by atoms with Crippen molar-refractivity contribution >= 4 is 0 Å². The molecule has 0 bridgehead atoms. The van der Waals surface area contributed by atoms with Crippen LogP contribution in [-0.2, 0) is 6.54 Å². The molecule has 4 rings (SSSR count). The fourth-order valence-corrected chi connectivity index (χ4v) is 2.92. The van der Waals surface area contributed by atoms with Crippen LogP contribution in [0.5, 0.6) is 5.75 Å². The van der Waals surface area contributed by atoms with Crippen molar-refractivity contribution in [2.45, 2.75) is 33.4 Å². The highest BCUT2D eigenvalue weighted by atomic mass is 16.5. The number of rotatable bonds is 2. The average Bonchev–Trinajstić information content (AvgIpc) is 3.12. The summed E-state index contributed by atoms with van der Waals surface area (Å²) in [6.07, 6.45) is 3.63. The van der Waals surface area contributed by atoms with Gasteiger partial charge in [0.2, 0.25) is 0 Å². The smallest absolute Gasteiger partial charge is 0.178 e. The highest BCUT2D eigenvalue weighted by Crippen LogP contribution is 2.34. The highest BCUT2D eigenvalue weighted by molar-refractivity contribution is 5.69. The number of hydrogen-bond donors (Lipinski definition) is 0. The van der Waals surface area contributed by atoms with E-state index in [4.69, 9.17) is 9.72 Å². The van der Waals surface area contributed by atoms with Gasteiger partial charge in [0.15, 0.2) is 5.82 Å². The van der Waals surface area contributed by atoms with Crippen LogP contribution in [0.15, 0.2) is 30.7 Å². The second-order valence-corrected chi connectivity index (χ2v) is 6.11. The van der Waals surface area contributed by atoms with Crippen molar-refractivity contribution in [3.63, 3.8) is 0 Å². The minimum atomic E-state index is 0.242. The van der Waals surface area contributed by atoms with Crippen LogP contribution in [0.1, 0.15) is 25.5 Å². The van der Waals surface area contributed by atoms with Gasteiger partial charge < -0.3 is 9.30 Å². The summed E-state index contributed by atoms with van der Waals surface area (Å²) in [5.41, 5.74) is 3.07. The van der Waals surface area contributed by atoms with Gasteiger partial charge in [0.1, 0.15) is 30.2 Å². The van der Waals surface area contributed by atoms with Gasteiger partial charge >= 0.3 is 0 Å². The molecular formula is C17H19N5O. The summed E-state index contributed by atoms with van der Waals surface area (Å²) in [6.45, 7) is 7.66. The molecule has 0 unspecified atom stereocenters. The number of benzene rings is 1. The van der Waals surface area contributed by atoms with Crippen LogP contribution >= 0.6 is 0 Å². The molecule has 6 heteroatoms. The maximum atomic E-state index is 5.84. The normalized spacial score (nSPS) is 13.4. The van der Waals surface area contributed by atoms with Gasteiger partial charge in [-0.2, -0.15) is 5.10 Å². The van der Waals surface area contributed by atoms with E-state index in [0.717, 1.165) is 35.2 Å². The van der Waals surface area contributed by atoms with Gasteiger partial charge in [-0.3, -0.25) is 0 Å². The number of ether oxygens (including phenoxy) is 1. The Morgan fingerprint density at radius 3 is 2.91 bits per heavy atom. The molecule has 0 N–H and O–H groups in total. The van der Waals surface area contributed by atoms with E-state index in [1.165, 1.54) is 5.56 Å². The van der Waals surface area contributed by atoms with Crippen molar-refractivity contribution in [1.29, 1.82) is 0 Å². The number of hydrogen-bond acceptors (Lipinski definition) is 4. The molecule has 0 saturated carbocycles. The fourth-order valence-electron chi connectivity index (χ4n) is 2.92. The maximum Gasteiger partial charge on any atom is 0.178 e. The van der Waals surface area contributed by atoms with Crippen molar-refractivity contribution in [3.05, 3.63) is 36.3 Å². The Hall–Kier alpha value is -2.63. The third kappa shape index (κ3) is 2.30. The third-order valence-electron chi connectivity index (χ3n) is 4.03. The second kappa shape index (κ2) is 5.22. The number of fused-ring (bicyclic) bond motifs is 3. The third-order valence-corrected chi connectivity index (χ3v) is 4.03. The van der Waals surface area contributed by atoms with Gasteiger partial charge in [0, 0.05) is 12.2 Å². The largest absolute Gasteiger partial charge is 0.491 e. The first kappa shape index (κ1) is 14.0. The van der Waals surface area contributed by atoms with Gasteiger partial charge in [-0.25, -0.2) is 14.6 Å². The lowest BCUT2D eigenvalue weighted by molar-refractivity contribution is 0.306. The summed E-state index contributed by atoms with van der Waals surface area (Å²) in [5.74, 6) is 2.61. The lowest BCUT2D eigenvalue weighted by Gasteiger charge is -2.08. The van der Waals surface area contributed by atoms with E-state index in [1.54, 1.807) is 6.33 Å². The van der Waals surface area contributed by atoms with Crippen LogP contribution in [-0.4, -0.2) is 30.9 Å². The Morgan fingerprint density at radius 2 is 2.09 bits per heavy atom. The lowest BCUT2D eigenvalue weighted by Crippen LogP contribution is -2.06. The molecule has 0 radical (unpaired) electrons. The monoisotopic (exact) mass is 309 g/mol. The van der Waals surface area contributed by atoms with Crippen LogP contribution in [0.4, 0.5) is 0 Å². The van der Waals surface area contributed by atoms with Crippen LogP contribution < -0.4 is 4.74 Å². The predicted octanol–water partition coefficient (Wildman–Crippen LogP) is 3.09. The molecule has 1 aliphatic rings. The van der Waals surface area contributed by atoms with E-state index >= 15 is 0 Å². The average molecular weight is 309 g/mol. The molecule has 3 heterocycles. The van der Waals surface area contributed by atoms with E-state index in [9.17, 15) is 0 Å². The minimum absolute atomic E-state index is 0.242. The molecule has 1 aromatic carbocycles. The van der Waals surface area contributed by atoms with Gasteiger partial charge in [-0.1, -0.05) is 11.6 Å². The molecule has 0 spiro atoms. The summed E-state index contributed by atoms with van der Waals surface area (Å²) in [7, 11) is 0. The Morgan fingerprint density at radius 1 is 1.22 bits per heavy atom. The standard InChI is InChI=1S/C17H19N5O/c1-11(2)22-17(18-10-19-22)14-9-21-6-7-23-15-5-4-12(3)8-13(15)16(21)20-14/h4-5,8-11H,6-7H2,1-3H3. The first-order chi connectivity index (χ1) is 11.1. The molecule has 23 heavy (non-hydrogen) atoms. The van der Waals surface area contributed by atoms with Crippen molar-refractivity contribution in [3.8, 4) is 28.7 Å². The second-order valence-electron chi connectivity index (χ2n) is 6.11. The highest BCUT2D eigenvalue weighted by Gasteiger charge is 2.21. The van der Waals surface area contributed by atoms with Crippen LogP contribution in [0.3, 0.4) is 0 Å². The number of aromatic nitrogens is 5. The summed E-state index contributed by atoms with van der Waals surface area (Å²) in [5, 5.41) is 4.31.